The number of fused-ring (bicyclic) bond motifs is 2. The number of hydrogen-bond acceptors (Lipinski definition) is 4. The van der Waals surface area contributed by atoms with Crippen molar-refractivity contribution in [2.45, 2.75) is 25.4 Å². The molecule has 2 aromatic heterocycles. The van der Waals surface area contributed by atoms with Gasteiger partial charge < -0.3 is 19.0 Å². The van der Waals surface area contributed by atoms with Gasteiger partial charge in [0.25, 0.3) is 0 Å². The van der Waals surface area contributed by atoms with Crippen LogP contribution in [0, 0.1) is 0 Å². The molecule has 0 saturated carbocycles. The van der Waals surface area contributed by atoms with Crippen molar-refractivity contribution in [3.05, 3.63) is 60.0 Å². The average Bonchev–Trinajstić information content (AvgIpc) is 3.41. The Balaban J connectivity index is 1.23. The summed E-state index contributed by atoms with van der Waals surface area (Å²) in [5.74, 6) is 1.46. The van der Waals surface area contributed by atoms with Crippen molar-refractivity contribution in [3.63, 3.8) is 0 Å². The van der Waals surface area contributed by atoms with E-state index in [1.165, 1.54) is 16.5 Å². The predicted molar refractivity (Wildman–Crippen MR) is 114 cm³/mol. The Morgan fingerprint density at radius 1 is 1.20 bits per heavy atom. The summed E-state index contributed by atoms with van der Waals surface area (Å²) in [5, 5.41) is 1.22. The van der Waals surface area contributed by atoms with Crippen molar-refractivity contribution >= 4 is 21.9 Å². The quantitative estimate of drug-likeness (QED) is 0.527. The summed E-state index contributed by atoms with van der Waals surface area (Å²) < 4.78 is 27.9. The second-order valence-corrected chi connectivity index (χ2v) is 7.91. The van der Waals surface area contributed by atoms with E-state index in [9.17, 15) is 4.39 Å². The average molecular weight is 408 g/mol. The number of aromatic nitrogens is 3. The Hall–Kier alpha value is -2.90. The van der Waals surface area contributed by atoms with Crippen LogP contribution in [-0.4, -0.2) is 51.9 Å². The van der Waals surface area contributed by atoms with Gasteiger partial charge in [-0.3, -0.25) is 4.90 Å². The lowest BCUT2D eigenvalue weighted by atomic mass is 10.1. The summed E-state index contributed by atoms with van der Waals surface area (Å²) >= 11 is 0. The molecule has 0 aliphatic carbocycles. The summed E-state index contributed by atoms with van der Waals surface area (Å²) in [7, 11) is 3.68. The number of halogens is 1. The molecule has 6 nitrogen and oxygen atoms in total. The predicted octanol–water partition coefficient (Wildman–Crippen LogP) is 3.80. The van der Waals surface area contributed by atoms with Gasteiger partial charge in [0.15, 0.2) is 0 Å². The Bertz CT molecular complexity index is 1180. The van der Waals surface area contributed by atoms with Crippen molar-refractivity contribution in [1.82, 2.24) is 19.4 Å². The van der Waals surface area contributed by atoms with Gasteiger partial charge in [0.2, 0.25) is 0 Å². The third-order valence-corrected chi connectivity index (χ3v) is 5.82. The molecule has 5 rings (SSSR count). The zero-order chi connectivity index (χ0) is 20.7. The van der Waals surface area contributed by atoms with Crippen LogP contribution in [-0.2, 0) is 24.9 Å². The van der Waals surface area contributed by atoms with Crippen LogP contribution in [0.2, 0.25) is 0 Å². The van der Waals surface area contributed by atoms with Crippen molar-refractivity contribution in [2.24, 2.45) is 7.05 Å². The topological polar surface area (TPSA) is 55.3 Å². The van der Waals surface area contributed by atoms with Gasteiger partial charge in [0.05, 0.1) is 18.1 Å². The standard InChI is InChI=1S/C23H25FN4O2/c1-27-10-15(17-5-3-4-6-21(17)27)11-28-12-18(24)22(13-28)30-14-23-25-19-8-7-16(29-2)9-20(19)26-23/h3-10,18,22H,11-14H2,1-2H3,(H,25,26)/t18-,22+/m1/s1. The first kappa shape index (κ1) is 19.1. The van der Waals surface area contributed by atoms with E-state index < -0.39 is 12.3 Å². The monoisotopic (exact) mass is 408 g/mol. The van der Waals surface area contributed by atoms with Crippen molar-refractivity contribution in [1.29, 1.82) is 0 Å². The second-order valence-electron chi connectivity index (χ2n) is 7.91. The number of nitrogens with zero attached hydrogens (tertiary/aromatic N) is 3. The summed E-state index contributed by atoms with van der Waals surface area (Å²) in [6.07, 6.45) is 0.668. The minimum Gasteiger partial charge on any atom is -0.497 e. The maximum Gasteiger partial charge on any atom is 0.140 e. The van der Waals surface area contributed by atoms with Crippen LogP contribution in [0.15, 0.2) is 48.7 Å². The fourth-order valence-corrected chi connectivity index (χ4v) is 4.31. The molecule has 0 amide bonds. The summed E-state index contributed by atoms with van der Waals surface area (Å²) in [4.78, 5) is 9.88. The van der Waals surface area contributed by atoms with Crippen LogP contribution in [0.1, 0.15) is 11.4 Å². The normalized spacial score (nSPS) is 19.8. The van der Waals surface area contributed by atoms with E-state index in [1.54, 1.807) is 7.11 Å². The lowest BCUT2D eigenvalue weighted by Gasteiger charge is -2.15. The van der Waals surface area contributed by atoms with Crippen molar-refractivity contribution in [2.75, 3.05) is 20.2 Å². The molecule has 2 atom stereocenters. The molecule has 0 radical (unpaired) electrons. The lowest BCUT2D eigenvalue weighted by molar-refractivity contribution is 0.00864. The maximum absolute atomic E-state index is 14.6. The Morgan fingerprint density at radius 2 is 2.07 bits per heavy atom. The number of rotatable bonds is 6. The number of alkyl halides is 1. The van der Waals surface area contributed by atoms with Gasteiger partial charge in [-0.1, -0.05) is 18.2 Å². The van der Waals surface area contributed by atoms with Crippen LogP contribution in [0.3, 0.4) is 0 Å². The van der Waals surface area contributed by atoms with Gasteiger partial charge in [-0.05, 0) is 23.8 Å². The molecule has 0 spiro atoms. The molecular weight excluding hydrogens is 383 g/mol. The molecule has 1 aliphatic heterocycles. The van der Waals surface area contributed by atoms with Gasteiger partial charge in [-0.2, -0.15) is 0 Å². The molecule has 7 heteroatoms. The number of ether oxygens (including phenoxy) is 2. The smallest absolute Gasteiger partial charge is 0.140 e. The number of methoxy groups -OCH3 is 1. The third-order valence-electron chi connectivity index (χ3n) is 5.82. The molecule has 1 saturated heterocycles. The van der Waals surface area contributed by atoms with E-state index in [-0.39, 0.29) is 6.61 Å². The molecule has 0 unspecified atom stereocenters. The van der Waals surface area contributed by atoms with E-state index in [2.05, 4.69) is 37.8 Å². The maximum atomic E-state index is 14.6. The first-order valence-corrected chi connectivity index (χ1v) is 10.1. The summed E-state index contributed by atoms with van der Waals surface area (Å²) in [6.45, 7) is 1.92. The number of H-pyrrole nitrogens is 1. The fourth-order valence-electron chi connectivity index (χ4n) is 4.31. The first-order chi connectivity index (χ1) is 14.6. The van der Waals surface area contributed by atoms with Crippen molar-refractivity contribution in [3.8, 4) is 5.75 Å². The fraction of sp³-hybridized carbons (Fsp3) is 0.348. The third kappa shape index (κ3) is 3.55. The van der Waals surface area contributed by atoms with Gasteiger partial charge in [-0.25, -0.2) is 9.37 Å². The molecular formula is C23H25FN4O2. The van der Waals surface area contributed by atoms with Gasteiger partial charge in [0.1, 0.15) is 30.5 Å². The van der Waals surface area contributed by atoms with Gasteiger partial charge in [0, 0.05) is 49.8 Å². The SMILES string of the molecule is COc1ccc2nc(CO[C@H]3CN(Cc4cn(C)c5ccccc45)C[C@H]3F)[nH]c2c1. The zero-order valence-electron chi connectivity index (χ0n) is 17.1. The van der Waals surface area contributed by atoms with Crippen LogP contribution in [0.25, 0.3) is 21.9 Å². The van der Waals surface area contributed by atoms with Crippen LogP contribution in [0.4, 0.5) is 4.39 Å². The number of aryl methyl sites for hydroxylation is 1. The Morgan fingerprint density at radius 3 is 2.93 bits per heavy atom. The number of imidazole rings is 1. The number of nitrogens with one attached hydrogen (secondary N) is 1. The minimum absolute atomic E-state index is 0.254. The highest BCUT2D eigenvalue weighted by molar-refractivity contribution is 5.83. The number of para-hydroxylation sites is 1. The van der Waals surface area contributed by atoms with E-state index in [1.807, 2.05) is 37.4 Å². The van der Waals surface area contributed by atoms with Crippen LogP contribution >= 0.6 is 0 Å². The minimum atomic E-state index is -1.01. The van der Waals surface area contributed by atoms with Gasteiger partial charge >= 0.3 is 0 Å². The van der Waals surface area contributed by atoms with Crippen molar-refractivity contribution < 1.29 is 13.9 Å². The molecule has 1 fully saturated rings. The molecule has 3 heterocycles. The Kier molecular flexibility index (Phi) is 4.92. The largest absolute Gasteiger partial charge is 0.497 e. The second kappa shape index (κ2) is 7.74. The highest BCUT2D eigenvalue weighted by Crippen LogP contribution is 2.26. The van der Waals surface area contributed by atoms with E-state index >= 15 is 0 Å². The van der Waals surface area contributed by atoms with E-state index in [0.717, 1.165) is 16.8 Å². The van der Waals surface area contributed by atoms with E-state index in [4.69, 9.17) is 9.47 Å². The molecule has 1 aliphatic rings. The molecule has 0 bridgehead atoms. The summed E-state index contributed by atoms with van der Waals surface area (Å²) in [5.41, 5.74) is 4.13. The first-order valence-electron chi connectivity index (χ1n) is 10.1. The number of likely N-dealkylation sites (tertiary alicyclic amines) is 1. The molecule has 4 aromatic rings. The highest BCUT2D eigenvalue weighted by atomic mass is 19.1. The molecule has 1 N–H and O–H groups in total. The highest BCUT2D eigenvalue weighted by Gasteiger charge is 2.34. The van der Waals surface area contributed by atoms with Crippen LogP contribution < -0.4 is 4.74 Å². The van der Waals surface area contributed by atoms with Crippen LogP contribution in [0.5, 0.6) is 5.75 Å². The zero-order valence-corrected chi connectivity index (χ0v) is 17.1. The number of benzene rings is 2. The number of aromatic amines is 1. The lowest BCUT2D eigenvalue weighted by Crippen LogP contribution is -2.24. The summed E-state index contributed by atoms with van der Waals surface area (Å²) in [6, 6.07) is 14.0. The van der Waals surface area contributed by atoms with Gasteiger partial charge in [-0.15, -0.1) is 0 Å². The number of hydrogen-bond donors (Lipinski definition) is 1. The molecule has 2 aromatic carbocycles. The van der Waals surface area contributed by atoms with E-state index in [0.29, 0.717) is 25.5 Å². The Labute approximate surface area is 174 Å². The molecule has 156 valence electrons. The molecule has 30 heavy (non-hydrogen) atoms.